The van der Waals surface area contributed by atoms with E-state index in [1.807, 2.05) is 19.9 Å². The quantitative estimate of drug-likeness (QED) is 0.497. The van der Waals surface area contributed by atoms with Crippen LogP contribution in [0.2, 0.25) is 0 Å². The Bertz CT molecular complexity index is 1330. The molecule has 0 radical (unpaired) electrons. The number of morpholine rings is 1. The summed E-state index contributed by atoms with van der Waals surface area (Å²) in [6, 6.07) is 14.6. The smallest absolute Gasteiger partial charge is 0.338 e. The molecule has 1 amide bonds. The first-order valence-electron chi connectivity index (χ1n) is 11.0. The van der Waals surface area contributed by atoms with Crippen LogP contribution in [0.25, 0.3) is 5.69 Å². The fraction of sp³-hybridized carbons (Fsp3) is 0.292. The Kier molecular flexibility index (Phi) is 7.29. The van der Waals surface area contributed by atoms with Crippen molar-refractivity contribution in [3.63, 3.8) is 0 Å². The normalized spacial score (nSPS) is 14.5. The second kappa shape index (κ2) is 10.4. The fourth-order valence-electron chi connectivity index (χ4n) is 3.71. The first kappa shape index (κ1) is 24.6. The van der Waals surface area contributed by atoms with Gasteiger partial charge in [-0.25, -0.2) is 17.9 Å². The van der Waals surface area contributed by atoms with Crippen LogP contribution in [0.15, 0.2) is 59.5 Å². The van der Waals surface area contributed by atoms with Crippen LogP contribution in [0.1, 0.15) is 21.7 Å². The summed E-state index contributed by atoms with van der Waals surface area (Å²) in [6.07, 6.45) is 0. The van der Waals surface area contributed by atoms with Crippen LogP contribution in [0, 0.1) is 13.8 Å². The third kappa shape index (κ3) is 5.76. The zero-order valence-electron chi connectivity index (χ0n) is 19.4. The van der Waals surface area contributed by atoms with Gasteiger partial charge in [0.1, 0.15) is 0 Å². The van der Waals surface area contributed by atoms with Crippen molar-refractivity contribution in [1.82, 2.24) is 14.1 Å². The first-order valence-corrected chi connectivity index (χ1v) is 12.5. The minimum atomic E-state index is -3.70. The number of benzene rings is 2. The molecule has 0 bridgehead atoms. The summed E-state index contributed by atoms with van der Waals surface area (Å²) in [4.78, 5) is 24.7. The van der Waals surface area contributed by atoms with Gasteiger partial charge in [-0.3, -0.25) is 4.79 Å². The number of hydrogen-bond donors (Lipinski definition) is 1. The number of anilines is 1. The number of aromatic nitrogens is 2. The van der Waals surface area contributed by atoms with E-state index in [0.717, 1.165) is 17.1 Å². The van der Waals surface area contributed by atoms with Crippen LogP contribution in [0.3, 0.4) is 0 Å². The molecule has 1 fully saturated rings. The molecule has 1 saturated heterocycles. The largest absolute Gasteiger partial charge is 0.452 e. The van der Waals surface area contributed by atoms with E-state index < -0.39 is 28.5 Å². The fourth-order valence-corrected chi connectivity index (χ4v) is 5.17. The molecule has 2 aromatic carbocycles. The molecule has 1 aliphatic heterocycles. The summed E-state index contributed by atoms with van der Waals surface area (Å²) in [6.45, 7) is 4.55. The Morgan fingerprint density at radius 3 is 2.43 bits per heavy atom. The molecule has 10 nitrogen and oxygen atoms in total. The molecule has 1 N–H and O–H groups in total. The summed E-state index contributed by atoms with van der Waals surface area (Å²) in [5, 5.41) is 6.97. The highest BCUT2D eigenvalue weighted by molar-refractivity contribution is 7.89. The molecule has 1 aromatic heterocycles. The lowest BCUT2D eigenvalue weighted by atomic mass is 10.2. The number of sulfonamides is 1. The molecule has 1 aliphatic rings. The summed E-state index contributed by atoms with van der Waals surface area (Å²) >= 11 is 0. The summed E-state index contributed by atoms with van der Waals surface area (Å²) in [5.74, 6) is -1.23. The van der Waals surface area contributed by atoms with Crippen LogP contribution in [-0.2, 0) is 24.3 Å². The molecule has 0 atom stereocenters. The van der Waals surface area contributed by atoms with Crippen molar-refractivity contribution >= 4 is 27.6 Å². The predicted octanol–water partition coefficient (Wildman–Crippen LogP) is 2.31. The molecule has 184 valence electrons. The number of carbonyl (C=O) groups excluding carboxylic acids is 2. The number of carbonyl (C=O) groups is 2. The molecular formula is C24H26N4O6S. The van der Waals surface area contributed by atoms with E-state index >= 15 is 0 Å². The SMILES string of the molecule is Cc1cc(C)n(-c2ccc(C(=O)OCC(=O)Nc3cccc(S(=O)(=O)N4CCOCC4)c3)cc2)n1. The van der Waals surface area contributed by atoms with Gasteiger partial charge in [0.05, 0.1) is 35.1 Å². The molecule has 0 unspecified atom stereocenters. The number of ether oxygens (including phenoxy) is 2. The van der Waals surface area contributed by atoms with Crippen LogP contribution < -0.4 is 5.32 Å². The van der Waals surface area contributed by atoms with Gasteiger partial charge in [0.25, 0.3) is 5.91 Å². The average molecular weight is 499 g/mol. The van der Waals surface area contributed by atoms with E-state index in [2.05, 4.69) is 10.4 Å². The lowest BCUT2D eigenvalue weighted by Gasteiger charge is -2.26. The third-order valence-electron chi connectivity index (χ3n) is 5.42. The van der Waals surface area contributed by atoms with Crippen molar-refractivity contribution in [2.24, 2.45) is 0 Å². The number of nitrogens with zero attached hydrogens (tertiary/aromatic N) is 3. The molecule has 4 rings (SSSR count). The van der Waals surface area contributed by atoms with Crippen LogP contribution in [0.5, 0.6) is 0 Å². The Labute approximate surface area is 203 Å². The molecule has 0 spiro atoms. The van der Waals surface area contributed by atoms with Crippen molar-refractivity contribution in [3.8, 4) is 5.69 Å². The van der Waals surface area contributed by atoms with Crippen molar-refractivity contribution in [3.05, 3.63) is 71.5 Å². The van der Waals surface area contributed by atoms with Crippen molar-refractivity contribution < 1.29 is 27.5 Å². The molecular weight excluding hydrogens is 472 g/mol. The maximum Gasteiger partial charge on any atom is 0.338 e. The highest BCUT2D eigenvalue weighted by Gasteiger charge is 2.26. The standard InChI is InChI=1S/C24H26N4O6S/c1-17-14-18(2)28(26-17)21-8-6-19(7-9-21)24(30)34-16-23(29)25-20-4-3-5-22(15-20)35(31,32)27-10-12-33-13-11-27/h3-9,14-15H,10-13,16H2,1-2H3,(H,25,29). The first-order chi connectivity index (χ1) is 16.7. The molecule has 35 heavy (non-hydrogen) atoms. The Morgan fingerprint density at radius 1 is 1.06 bits per heavy atom. The number of hydrogen-bond acceptors (Lipinski definition) is 7. The van der Waals surface area contributed by atoms with Crippen LogP contribution >= 0.6 is 0 Å². The lowest BCUT2D eigenvalue weighted by molar-refractivity contribution is -0.119. The number of nitrogens with one attached hydrogen (secondary N) is 1. The minimum absolute atomic E-state index is 0.0666. The molecule has 3 aromatic rings. The van der Waals surface area contributed by atoms with Gasteiger partial charge in [-0.2, -0.15) is 9.40 Å². The van der Waals surface area contributed by atoms with Crippen molar-refractivity contribution in [1.29, 1.82) is 0 Å². The van der Waals surface area contributed by atoms with E-state index in [1.54, 1.807) is 41.1 Å². The molecule has 0 aliphatic carbocycles. The van der Waals surface area contributed by atoms with E-state index in [-0.39, 0.29) is 23.7 Å². The number of esters is 1. The predicted molar refractivity (Wildman–Crippen MR) is 128 cm³/mol. The Hall–Kier alpha value is -3.54. The van der Waals surface area contributed by atoms with Gasteiger partial charge >= 0.3 is 5.97 Å². The third-order valence-corrected chi connectivity index (χ3v) is 7.31. The topological polar surface area (TPSA) is 120 Å². The second-order valence-electron chi connectivity index (χ2n) is 8.05. The van der Waals surface area contributed by atoms with Crippen LogP contribution in [-0.4, -0.2) is 67.3 Å². The average Bonchev–Trinajstić information content (AvgIpc) is 3.21. The number of amides is 1. The minimum Gasteiger partial charge on any atom is -0.452 e. The molecule has 0 saturated carbocycles. The van der Waals surface area contributed by atoms with E-state index in [4.69, 9.17) is 9.47 Å². The lowest BCUT2D eigenvalue weighted by Crippen LogP contribution is -2.40. The van der Waals surface area contributed by atoms with E-state index in [0.29, 0.717) is 18.8 Å². The summed E-state index contributed by atoms with van der Waals surface area (Å²) in [5.41, 5.74) is 3.24. The van der Waals surface area contributed by atoms with Crippen molar-refractivity contribution in [2.45, 2.75) is 18.7 Å². The van der Waals surface area contributed by atoms with Gasteiger partial charge in [-0.1, -0.05) is 6.07 Å². The maximum atomic E-state index is 12.8. The van der Waals surface area contributed by atoms with Crippen molar-refractivity contribution in [2.75, 3.05) is 38.2 Å². The molecule has 2 heterocycles. The van der Waals surface area contributed by atoms with Gasteiger partial charge in [-0.05, 0) is 62.4 Å². The van der Waals surface area contributed by atoms with Gasteiger partial charge < -0.3 is 14.8 Å². The Balaban J connectivity index is 1.34. The van der Waals surface area contributed by atoms with Gasteiger partial charge in [0, 0.05) is 24.5 Å². The maximum absolute atomic E-state index is 12.8. The zero-order chi connectivity index (χ0) is 25.0. The second-order valence-corrected chi connectivity index (χ2v) is 9.99. The van der Waals surface area contributed by atoms with Gasteiger partial charge in [0.2, 0.25) is 10.0 Å². The number of rotatable bonds is 7. The molecule has 11 heteroatoms. The summed E-state index contributed by atoms with van der Waals surface area (Å²) < 4.78 is 39.1. The van der Waals surface area contributed by atoms with Crippen LogP contribution in [0.4, 0.5) is 5.69 Å². The zero-order valence-corrected chi connectivity index (χ0v) is 20.2. The van der Waals surface area contributed by atoms with Gasteiger partial charge in [0.15, 0.2) is 6.61 Å². The Morgan fingerprint density at radius 2 is 1.77 bits per heavy atom. The van der Waals surface area contributed by atoms with E-state index in [1.165, 1.54) is 16.4 Å². The number of aryl methyl sites for hydroxylation is 2. The van der Waals surface area contributed by atoms with Gasteiger partial charge in [-0.15, -0.1) is 0 Å². The highest BCUT2D eigenvalue weighted by atomic mass is 32.2. The van der Waals surface area contributed by atoms with E-state index in [9.17, 15) is 18.0 Å². The monoisotopic (exact) mass is 498 g/mol. The highest BCUT2D eigenvalue weighted by Crippen LogP contribution is 2.21. The summed E-state index contributed by atoms with van der Waals surface area (Å²) in [7, 11) is -3.70.